The van der Waals surface area contributed by atoms with Crippen LogP contribution in [-0.2, 0) is 20.5 Å². The topological polar surface area (TPSA) is 164 Å². The molecular weight excluding hydrogens is 818 g/mol. The molecule has 61 heavy (non-hydrogen) atoms. The van der Waals surface area contributed by atoms with Gasteiger partial charge in [-0.1, -0.05) is 35.7 Å². The fourth-order valence-corrected chi connectivity index (χ4v) is 9.47. The molecule has 16 heteroatoms. The van der Waals surface area contributed by atoms with Gasteiger partial charge in [0, 0.05) is 74.2 Å². The van der Waals surface area contributed by atoms with Crippen molar-refractivity contribution in [2.24, 2.45) is 5.41 Å². The number of benzene rings is 3. The Kier molecular flexibility index (Phi) is 13.3. The summed E-state index contributed by atoms with van der Waals surface area (Å²) in [7, 11) is -0.521. The largest absolute Gasteiger partial charge is 0.455 e. The number of anilines is 2. The Morgan fingerprint density at radius 3 is 2.41 bits per heavy atom. The van der Waals surface area contributed by atoms with Crippen molar-refractivity contribution in [3.05, 3.63) is 117 Å². The molecule has 1 atom stereocenters. The zero-order chi connectivity index (χ0) is 42.3. The number of H-pyrrole nitrogens is 1. The van der Waals surface area contributed by atoms with Crippen LogP contribution in [-0.4, -0.2) is 96.1 Å². The lowest BCUT2D eigenvalue weighted by Gasteiger charge is -2.47. The number of carbonyl (C=O) groups excluding carboxylic acids is 1. The summed E-state index contributed by atoms with van der Waals surface area (Å²) in [6, 6.07) is 21.6. The number of halogens is 1. The van der Waals surface area contributed by atoms with Gasteiger partial charge in [0.25, 0.3) is 11.6 Å². The van der Waals surface area contributed by atoms with Crippen molar-refractivity contribution in [2.45, 2.75) is 43.4 Å². The first-order valence-electron chi connectivity index (χ1n) is 20.7. The Bertz CT molecular complexity index is 2410. The minimum absolute atomic E-state index is 0.0879. The number of hydrogen-bond donors (Lipinski definition) is 3. The lowest BCUT2D eigenvalue weighted by atomic mass is 9.59. The second-order valence-corrected chi connectivity index (χ2v) is 17.5. The summed E-state index contributed by atoms with van der Waals surface area (Å²) in [6.45, 7) is 7.41. The second-order valence-electron chi connectivity index (χ2n) is 15.9. The van der Waals surface area contributed by atoms with Gasteiger partial charge in [-0.05, 0) is 97.2 Å². The van der Waals surface area contributed by atoms with Gasteiger partial charge >= 0.3 is 0 Å². The van der Waals surface area contributed by atoms with Crippen LogP contribution in [0.1, 0.15) is 54.4 Å². The summed E-state index contributed by atoms with van der Waals surface area (Å²) < 4.78 is 32.0. The quantitative estimate of drug-likeness (QED) is 0.0863. The van der Waals surface area contributed by atoms with E-state index in [1.165, 1.54) is 60.6 Å². The van der Waals surface area contributed by atoms with Crippen molar-refractivity contribution in [3.8, 4) is 11.5 Å². The molecular formula is C45H50ClN7O7S. The molecule has 0 radical (unpaired) electrons. The van der Waals surface area contributed by atoms with Crippen molar-refractivity contribution in [2.75, 3.05) is 76.4 Å². The number of nitro groups is 1. The molecule has 2 saturated heterocycles. The molecule has 3 aromatic carbocycles. The number of piperazine rings is 1. The van der Waals surface area contributed by atoms with Crippen LogP contribution in [0, 0.1) is 15.5 Å². The molecule has 1 unspecified atom stereocenters. The normalized spacial score (nSPS) is 18.2. The first-order chi connectivity index (χ1) is 29.7. The highest BCUT2D eigenvalue weighted by molar-refractivity contribution is 7.83. The average molecular weight is 868 g/mol. The van der Waals surface area contributed by atoms with E-state index in [0.717, 1.165) is 88.1 Å². The average Bonchev–Trinajstić information content (AvgIpc) is 3.75. The van der Waals surface area contributed by atoms with Gasteiger partial charge in [0.2, 0.25) is 0 Å². The number of amides is 1. The van der Waals surface area contributed by atoms with Gasteiger partial charge in [-0.2, -0.15) is 0 Å². The highest BCUT2D eigenvalue weighted by Gasteiger charge is 2.41. The Balaban J connectivity index is 0.000000789. The molecule has 1 amide bonds. The number of allylic oxidation sites excluding steroid dienone is 1. The second kappa shape index (κ2) is 19.2. The molecule has 4 heterocycles. The molecule has 1 spiro atoms. The van der Waals surface area contributed by atoms with Crippen LogP contribution >= 0.6 is 11.6 Å². The van der Waals surface area contributed by atoms with Gasteiger partial charge in [0.1, 0.15) is 22.8 Å². The molecule has 5 aromatic rings. The van der Waals surface area contributed by atoms with Crippen LogP contribution < -0.4 is 19.7 Å². The van der Waals surface area contributed by atoms with Crippen molar-refractivity contribution in [1.82, 2.24) is 19.6 Å². The van der Waals surface area contributed by atoms with E-state index >= 15 is 0 Å². The zero-order valence-electron chi connectivity index (χ0n) is 34.1. The molecule has 14 nitrogen and oxygen atoms in total. The third-order valence-electron chi connectivity index (χ3n) is 12.1. The van der Waals surface area contributed by atoms with Gasteiger partial charge in [-0.3, -0.25) is 24.5 Å². The number of rotatable bonds is 11. The Labute approximate surface area is 362 Å². The van der Waals surface area contributed by atoms with E-state index in [4.69, 9.17) is 25.8 Å². The van der Waals surface area contributed by atoms with E-state index in [-0.39, 0.29) is 27.6 Å². The van der Waals surface area contributed by atoms with E-state index in [0.29, 0.717) is 16.8 Å². The number of aromatic nitrogens is 2. The van der Waals surface area contributed by atoms with Crippen LogP contribution in [0.5, 0.6) is 11.5 Å². The van der Waals surface area contributed by atoms with Crippen LogP contribution in [0.4, 0.5) is 17.1 Å². The maximum Gasteiger partial charge on any atom is 0.293 e. The third kappa shape index (κ3) is 10.1. The van der Waals surface area contributed by atoms with Gasteiger partial charge in [-0.25, -0.2) is 9.19 Å². The first-order valence-corrected chi connectivity index (χ1v) is 22.2. The van der Waals surface area contributed by atoms with Crippen molar-refractivity contribution < 1.29 is 28.1 Å². The minimum atomic E-state index is -2.08. The highest BCUT2D eigenvalue weighted by atomic mass is 35.5. The predicted molar refractivity (Wildman–Crippen MR) is 238 cm³/mol. The molecule has 3 fully saturated rings. The summed E-state index contributed by atoms with van der Waals surface area (Å²) in [4.78, 5) is 37.2. The van der Waals surface area contributed by atoms with Gasteiger partial charge in [-0.15, -0.1) is 0 Å². The van der Waals surface area contributed by atoms with Crippen LogP contribution in [0.25, 0.3) is 16.6 Å². The number of ether oxygens (including phenoxy) is 3. The molecule has 4 aliphatic rings. The number of nitrogens with one attached hydrogen (secondary N) is 3. The Morgan fingerprint density at radius 1 is 0.984 bits per heavy atom. The van der Waals surface area contributed by atoms with Crippen molar-refractivity contribution in [1.29, 1.82) is 0 Å². The summed E-state index contributed by atoms with van der Waals surface area (Å²) in [5, 5.41) is 16.0. The molecule has 3 N–H and O–H groups in total. The zero-order valence-corrected chi connectivity index (χ0v) is 35.7. The minimum Gasteiger partial charge on any atom is -0.455 e. The summed E-state index contributed by atoms with van der Waals surface area (Å²) >= 11 is 6.26. The molecule has 320 valence electrons. The lowest BCUT2D eigenvalue weighted by molar-refractivity contribution is -0.384. The molecule has 1 saturated carbocycles. The monoisotopic (exact) mass is 867 g/mol. The van der Waals surface area contributed by atoms with E-state index in [1.807, 2.05) is 36.4 Å². The van der Waals surface area contributed by atoms with Crippen LogP contribution in [0.3, 0.4) is 0 Å². The predicted octanol–water partition coefficient (Wildman–Crippen LogP) is 8.37. The number of carbonyl (C=O) groups is 1. The number of nitrogens with zero attached hydrogens (tertiary/aromatic N) is 4. The highest BCUT2D eigenvalue weighted by Crippen LogP contribution is 2.55. The summed E-state index contributed by atoms with van der Waals surface area (Å²) in [5.41, 5.74) is 6.59. The fourth-order valence-electron chi connectivity index (χ4n) is 8.53. The third-order valence-corrected chi connectivity index (χ3v) is 13.4. The number of nitro benzene ring substituents is 1. The van der Waals surface area contributed by atoms with Crippen LogP contribution in [0.15, 0.2) is 95.7 Å². The van der Waals surface area contributed by atoms with Crippen molar-refractivity contribution in [3.63, 3.8) is 0 Å². The standard InChI is InChI=1S/C41H42ClN7O5S.C4H8O2/c1-43-36-10-8-33(23-37(36)49(51)52)55(53)46-40(50)34-9-7-31(22-38(34)54-32-21-28-12-16-44-39(28)45-25-32)48-19-17-47(18-20-48)26-29-11-15-41(13-2-14-41)24-35(29)27-3-5-30(42)6-4-27;1-2-6-4-3-5-1/h3-10,12,16,21-23,25,43H,2,11,13-15,17-20,24,26H2,1H3,(H,44,45)(H,46,50);1-4H2. The maximum absolute atomic E-state index is 13.7. The van der Waals surface area contributed by atoms with E-state index < -0.39 is 21.8 Å². The van der Waals surface area contributed by atoms with E-state index in [2.05, 4.69) is 41.9 Å². The van der Waals surface area contributed by atoms with E-state index in [9.17, 15) is 19.1 Å². The number of aromatic amines is 1. The number of hydrogen-bond acceptors (Lipinski definition) is 11. The molecule has 0 bridgehead atoms. The lowest BCUT2D eigenvalue weighted by Crippen LogP contribution is -2.47. The smallest absolute Gasteiger partial charge is 0.293 e. The van der Waals surface area contributed by atoms with Gasteiger partial charge in [0.05, 0.1) is 48.0 Å². The molecule has 2 aromatic heterocycles. The first kappa shape index (κ1) is 42.4. The number of pyridine rings is 1. The van der Waals surface area contributed by atoms with Crippen LogP contribution in [0.2, 0.25) is 5.02 Å². The number of fused-ring (bicyclic) bond motifs is 1. The Morgan fingerprint density at radius 2 is 1.74 bits per heavy atom. The summed E-state index contributed by atoms with van der Waals surface area (Å²) in [5.74, 6) is 0.0534. The summed E-state index contributed by atoms with van der Waals surface area (Å²) in [6.07, 6.45) is 10.9. The van der Waals surface area contributed by atoms with Gasteiger partial charge in [0.15, 0.2) is 11.0 Å². The fraction of sp³-hybridized carbons (Fsp3) is 0.378. The van der Waals surface area contributed by atoms with Gasteiger partial charge < -0.3 is 29.4 Å². The maximum atomic E-state index is 13.7. The SMILES string of the molecule is C1COCCO1.CNc1ccc(S(=O)NC(=O)c2ccc(N3CCN(CC4=C(c5ccc(Cl)cc5)CC5(CCC5)CC4)CC3)cc2Oc2cnc3[nH]ccc3c2)cc1[N+](=O)[O-]. The molecule has 9 rings (SSSR count). The Hall–Kier alpha value is -5.32. The molecule has 2 aliphatic carbocycles. The molecule has 2 aliphatic heterocycles. The van der Waals surface area contributed by atoms with E-state index in [1.54, 1.807) is 25.5 Å². The van der Waals surface area contributed by atoms with Crippen molar-refractivity contribution >= 4 is 62.2 Å².